The zero-order valence-corrected chi connectivity index (χ0v) is 10.2. The van der Waals surface area contributed by atoms with Gasteiger partial charge < -0.3 is 5.32 Å². The van der Waals surface area contributed by atoms with Crippen LogP contribution in [-0.4, -0.2) is 12.5 Å². The predicted molar refractivity (Wildman–Crippen MR) is 61.7 cm³/mol. The highest BCUT2D eigenvalue weighted by molar-refractivity contribution is 9.10. The minimum Gasteiger partial charge on any atom is -0.304 e. The lowest BCUT2D eigenvalue weighted by molar-refractivity contribution is 0.0210. The number of halogens is 4. The van der Waals surface area contributed by atoms with Crippen molar-refractivity contribution >= 4 is 28.3 Å². The van der Waals surface area contributed by atoms with Gasteiger partial charge in [-0.25, -0.2) is 8.78 Å². The molecule has 2 rings (SSSR count). The number of alkyl halides is 2. The maximum Gasteiger partial charge on any atom is 0.262 e. The highest BCUT2D eigenvalue weighted by Gasteiger charge is 2.39. The molecule has 1 aliphatic heterocycles. The summed E-state index contributed by atoms with van der Waals surface area (Å²) in [4.78, 5) is 0. The summed E-state index contributed by atoms with van der Waals surface area (Å²) >= 11 is 3.31. The summed E-state index contributed by atoms with van der Waals surface area (Å²) in [5.74, 6) is -2.56. The van der Waals surface area contributed by atoms with Crippen LogP contribution in [0.5, 0.6) is 0 Å². The molecule has 1 N–H and O–H groups in total. The molecule has 1 fully saturated rings. The molecule has 1 aliphatic rings. The van der Waals surface area contributed by atoms with Crippen LogP contribution in [0.25, 0.3) is 0 Å². The topological polar surface area (TPSA) is 12.0 Å². The van der Waals surface area contributed by atoms with Gasteiger partial charge in [0.15, 0.2) is 0 Å². The third kappa shape index (κ3) is 3.13. The first kappa shape index (κ1) is 12.9. The van der Waals surface area contributed by atoms with E-state index in [4.69, 9.17) is 0 Å². The van der Waals surface area contributed by atoms with Crippen LogP contribution in [0.4, 0.5) is 8.78 Å². The predicted octanol–water partition coefficient (Wildman–Crippen LogP) is 3.54. The van der Waals surface area contributed by atoms with E-state index < -0.39 is 5.92 Å². The maximum atomic E-state index is 12.9. The molecular weight excluding hydrogens is 287 g/mol. The van der Waals surface area contributed by atoms with Gasteiger partial charge in [0, 0.05) is 16.9 Å². The Balaban J connectivity index is 0.00000112. The average Bonchev–Trinajstić information content (AvgIpc) is 2.47. The summed E-state index contributed by atoms with van der Waals surface area (Å²) in [6.45, 7) is -0.215. The molecule has 0 bridgehead atoms. The van der Waals surface area contributed by atoms with Crippen molar-refractivity contribution in [3.63, 3.8) is 0 Å². The van der Waals surface area contributed by atoms with E-state index in [1.807, 2.05) is 24.3 Å². The minimum absolute atomic E-state index is 0. The molecule has 1 unspecified atom stereocenters. The van der Waals surface area contributed by atoms with E-state index in [1.54, 1.807) is 0 Å². The summed E-state index contributed by atoms with van der Waals surface area (Å²) in [7, 11) is 0. The molecule has 1 heterocycles. The van der Waals surface area contributed by atoms with Crippen molar-refractivity contribution in [1.29, 1.82) is 0 Å². The third-order valence-corrected chi connectivity index (χ3v) is 2.91. The lowest BCUT2D eigenvalue weighted by Crippen LogP contribution is -2.19. The van der Waals surface area contributed by atoms with Crippen molar-refractivity contribution in [2.75, 3.05) is 6.54 Å². The molecule has 0 saturated carbocycles. The second-order valence-electron chi connectivity index (χ2n) is 3.55. The molecule has 15 heavy (non-hydrogen) atoms. The summed E-state index contributed by atoms with van der Waals surface area (Å²) in [6, 6.07) is 7.26. The van der Waals surface area contributed by atoms with Crippen LogP contribution in [0.1, 0.15) is 18.0 Å². The van der Waals surface area contributed by atoms with Gasteiger partial charge in [-0.3, -0.25) is 0 Å². The number of benzene rings is 1. The molecule has 1 aromatic carbocycles. The first-order valence-corrected chi connectivity index (χ1v) is 5.23. The summed E-state index contributed by atoms with van der Waals surface area (Å²) in [5.41, 5.74) is 0.922. The highest BCUT2D eigenvalue weighted by Crippen LogP contribution is 2.34. The van der Waals surface area contributed by atoms with E-state index in [0.717, 1.165) is 10.0 Å². The molecule has 0 spiro atoms. The summed E-state index contributed by atoms with van der Waals surface area (Å²) in [5, 5.41) is 2.82. The smallest absolute Gasteiger partial charge is 0.262 e. The normalized spacial score (nSPS) is 23.5. The van der Waals surface area contributed by atoms with E-state index in [-0.39, 0.29) is 31.4 Å². The van der Waals surface area contributed by atoms with Gasteiger partial charge in [0.1, 0.15) is 0 Å². The largest absolute Gasteiger partial charge is 0.304 e. The Morgan fingerprint density at radius 3 is 2.33 bits per heavy atom. The Hall–Kier alpha value is -0.190. The molecule has 5 heteroatoms. The van der Waals surface area contributed by atoms with Crippen molar-refractivity contribution in [2.24, 2.45) is 0 Å². The van der Waals surface area contributed by atoms with Crippen molar-refractivity contribution in [3.8, 4) is 0 Å². The zero-order chi connectivity index (χ0) is 10.2. The van der Waals surface area contributed by atoms with Crippen molar-refractivity contribution in [3.05, 3.63) is 34.3 Å². The molecule has 84 valence electrons. The number of hydrogen-bond acceptors (Lipinski definition) is 1. The molecule has 1 nitrogen and oxygen atoms in total. The molecule has 1 aromatic rings. The van der Waals surface area contributed by atoms with Gasteiger partial charge >= 0.3 is 0 Å². The van der Waals surface area contributed by atoms with Crippen LogP contribution in [0, 0.1) is 0 Å². The van der Waals surface area contributed by atoms with Crippen LogP contribution >= 0.6 is 28.3 Å². The molecule has 1 saturated heterocycles. The molecule has 0 aliphatic carbocycles. The van der Waals surface area contributed by atoms with Crippen LogP contribution < -0.4 is 5.32 Å². The van der Waals surface area contributed by atoms with Crippen LogP contribution in [0.3, 0.4) is 0 Å². The molecule has 0 aromatic heterocycles. The molecule has 0 radical (unpaired) electrons. The Kier molecular flexibility index (Phi) is 4.09. The van der Waals surface area contributed by atoms with Crippen LogP contribution in [-0.2, 0) is 0 Å². The fourth-order valence-electron chi connectivity index (χ4n) is 1.65. The van der Waals surface area contributed by atoms with Gasteiger partial charge in [0.25, 0.3) is 5.92 Å². The van der Waals surface area contributed by atoms with Crippen molar-refractivity contribution in [2.45, 2.75) is 18.4 Å². The van der Waals surface area contributed by atoms with Gasteiger partial charge in [-0.2, -0.15) is 0 Å². The van der Waals surface area contributed by atoms with E-state index in [1.165, 1.54) is 0 Å². The Morgan fingerprint density at radius 1 is 1.27 bits per heavy atom. The standard InChI is InChI=1S/C10H10BrF2N.ClH/c11-8-3-1-7(2-4-8)9-5-10(12,13)6-14-9;/h1-4,9,14H,5-6H2;1H. The first-order valence-electron chi connectivity index (χ1n) is 4.43. The van der Waals surface area contributed by atoms with Gasteiger partial charge in [0.05, 0.1) is 6.54 Å². The summed E-state index contributed by atoms with van der Waals surface area (Å²) in [6.07, 6.45) is -0.103. The van der Waals surface area contributed by atoms with E-state index in [0.29, 0.717) is 0 Å². The Labute approximate surface area is 102 Å². The fraction of sp³-hybridized carbons (Fsp3) is 0.400. The number of hydrogen-bond donors (Lipinski definition) is 1. The molecule has 1 atom stereocenters. The third-order valence-electron chi connectivity index (χ3n) is 2.38. The van der Waals surface area contributed by atoms with Crippen LogP contribution in [0.2, 0.25) is 0 Å². The number of nitrogens with one attached hydrogen (secondary N) is 1. The van der Waals surface area contributed by atoms with Crippen molar-refractivity contribution in [1.82, 2.24) is 5.32 Å². The second kappa shape index (κ2) is 4.76. The van der Waals surface area contributed by atoms with E-state index in [2.05, 4.69) is 21.2 Å². The van der Waals surface area contributed by atoms with Crippen LogP contribution in [0.15, 0.2) is 28.7 Å². The van der Waals surface area contributed by atoms with Gasteiger partial charge in [-0.1, -0.05) is 28.1 Å². The minimum atomic E-state index is -2.56. The van der Waals surface area contributed by atoms with Gasteiger partial charge in [0.2, 0.25) is 0 Å². The Bertz CT molecular complexity index is 329. The maximum absolute atomic E-state index is 12.9. The lowest BCUT2D eigenvalue weighted by Gasteiger charge is -2.10. The van der Waals surface area contributed by atoms with Gasteiger partial charge in [-0.15, -0.1) is 12.4 Å². The number of rotatable bonds is 1. The van der Waals surface area contributed by atoms with E-state index >= 15 is 0 Å². The fourth-order valence-corrected chi connectivity index (χ4v) is 1.91. The quantitative estimate of drug-likeness (QED) is 0.836. The average molecular weight is 299 g/mol. The SMILES string of the molecule is Cl.FC1(F)CNC(c2ccc(Br)cc2)C1. The highest BCUT2D eigenvalue weighted by atomic mass is 79.9. The first-order chi connectivity index (χ1) is 6.57. The van der Waals surface area contributed by atoms with Gasteiger partial charge in [-0.05, 0) is 17.7 Å². The Morgan fingerprint density at radius 2 is 1.87 bits per heavy atom. The molecular formula is C10H11BrClF2N. The zero-order valence-electron chi connectivity index (χ0n) is 7.84. The lowest BCUT2D eigenvalue weighted by atomic mass is 10.0. The summed E-state index contributed by atoms with van der Waals surface area (Å²) < 4.78 is 26.7. The monoisotopic (exact) mass is 297 g/mol. The molecule has 0 amide bonds. The second-order valence-corrected chi connectivity index (χ2v) is 4.46. The van der Waals surface area contributed by atoms with Crippen molar-refractivity contribution < 1.29 is 8.78 Å². The van der Waals surface area contributed by atoms with E-state index in [9.17, 15) is 8.78 Å².